The molecule has 1 aliphatic carbocycles. The van der Waals surface area contributed by atoms with Gasteiger partial charge in [-0.15, -0.1) is 0 Å². The van der Waals surface area contributed by atoms with E-state index >= 15 is 0 Å². The molecule has 3 nitrogen and oxygen atoms in total. The summed E-state index contributed by atoms with van der Waals surface area (Å²) >= 11 is 0. The molecule has 2 rings (SSSR count). The second kappa shape index (κ2) is 3.32. The van der Waals surface area contributed by atoms with Crippen molar-refractivity contribution in [2.45, 2.75) is 38.6 Å². The summed E-state index contributed by atoms with van der Waals surface area (Å²) in [7, 11) is 0. The van der Waals surface area contributed by atoms with Crippen molar-refractivity contribution in [2.75, 3.05) is 6.61 Å². The SMILES string of the molecule is CCC1O[C]2CC(CO)CC2O1. The summed E-state index contributed by atoms with van der Waals surface area (Å²) in [6.45, 7) is 2.30. The summed E-state index contributed by atoms with van der Waals surface area (Å²) in [5.41, 5.74) is 0. The maximum Gasteiger partial charge on any atom is 0.158 e. The summed E-state index contributed by atoms with van der Waals surface area (Å²) in [4.78, 5) is 0. The van der Waals surface area contributed by atoms with Crippen LogP contribution in [0.3, 0.4) is 0 Å². The Labute approximate surface area is 72.7 Å². The second-order valence-electron chi connectivity index (χ2n) is 3.54. The molecule has 0 spiro atoms. The molecule has 1 saturated heterocycles. The number of ether oxygens (including phenoxy) is 2. The Kier molecular flexibility index (Phi) is 2.35. The molecule has 2 aliphatic rings. The smallest absolute Gasteiger partial charge is 0.158 e. The molecule has 1 radical (unpaired) electrons. The highest BCUT2D eigenvalue weighted by Crippen LogP contribution is 2.42. The van der Waals surface area contributed by atoms with Crippen LogP contribution in [0, 0.1) is 12.0 Å². The maximum absolute atomic E-state index is 8.92. The monoisotopic (exact) mass is 171 g/mol. The lowest BCUT2D eigenvalue weighted by Crippen LogP contribution is -2.12. The van der Waals surface area contributed by atoms with Crippen molar-refractivity contribution in [3.63, 3.8) is 0 Å². The summed E-state index contributed by atoms with van der Waals surface area (Å²) < 4.78 is 11.1. The van der Waals surface area contributed by atoms with Crippen LogP contribution in [0.4, 0.5) is 0 Å². The topological polar surface area (TPSA) is 38.7 Å². The number of aliphatic hydroxyl groups excluding tert-OH is 1. The third-order valence-corrected chi connectivity index (χ3v) is 2.59. The standard InChI is InChI=1S/C9H15O3/c1-2-9-11-7-3-6(5-10)4-8(7)12-9/h6-7,9-10H,2-5H2,1H3. The van der Waals surface area contributed by atoms with Gasteiger partial charge in [-0.3, -0.25) is 0 Å². The predicted octanol–water partition coefficient (Wildman–Crippen LogP) is 1.07. The number of rotatable bonds is 2. The lowest BCUT2D eigenvalue weighted by molar-refractivity contribution is -0.0687. The van der Waals surface area contributed by atoms with Crippen LogP contribution in [0.2, 0.25) is 0 Å². The predicted molar refractivity (Wildman–Crippen MR) is 43.1 cm³/mol. The molecule has 2 fully saturated rings. The van der Waals surface area contributed by atoms with Gasteiger partial charge in [-0.05, 0) is 25.2 Å². The fraction of sp³-hybridized carbons (Fsp3) is 0.889. The number of hydrogen-bond donors (Lipinski definition) is 1. The van der Waals surface area contributed by atoms with Gasteiger partial charge in [0.1, 0.15) is 6.10 Å². The molecular weight excluding hydrogens is 156 g/mol. The molecule has 1 aliphatic heterocycles. The molecule has 1 heterocycles. The molecule has 3 atom stereocenters. The Hall–Kier alpha value is -0.120. The summed E-state index contributed by atoms with van der Waals surface area (Å²) in [6.07, 6.45) is 3.93. The average molecular weight is 171 g/mol. The van der Waals surface area contributed by atoms with E-state index in [2.05, 4.69) is 6.92 Å². The lowest BCUT2D eigenvalue weighted by atomic mass is 10.1. The first-order valence-electron chi connectivity index (χ1n) is 4.62. The van der Waals surface area contributed by atoms with Crippen LogP contribution in [0.1, 0.15) is 26.2 Å². The van der Waals surface area contributed by atoms with Gasteiger partial charge in [0, 0.05) is 6.61 Å². The molecule has 0 amide bonds. The van der Waals surface area contributed by atoms with Crippen LogP contribution in [0.25, 0.3) is 0 Å². The number of fused-ring (bicyclic) bond motifs is 1. The van der Waals surface area contributed by atoms with Crippen molar-refractivity contribution >= 4 is 0 Å². The molecule has 0 aromatic rings. The fourth-order valence-corrected chi connectivity index (χ4v) is 1.89. The zero-order valence-corrected chi connectivity index (χ0v) is 7.32. The Morgan fingerprint density at radius 3 is 3.00 bits per heavy atom. The van der Waals surface area contributed by atoms with Crippen molar-refractivity contribution in [1.29, 1.82) is 0 Å². The Morgan fingerprint density at radius 1 is 1.58 bits per heavy atom. The quantitative estimate of drug-likeness (QED) is 0.675. The van der Waals surface area contributed by atoms with E-state index in [0.29, 0.717) is 5.92 Å². The van der Waals surface area contributed by atoms with Gasteiger partial charge in [-0.25, -0.2) is 0 Å². The minimum absolute atomic E-state index is 0.0235. The average Bonchev–Trinajstić information content (AvgIpc) is 2.59. The number of hydrogen-bond acceptors (Lipinski definition) is 3. The molecule has 3 unspecified atom stereocenters. The molecule has 1 saturated carbocycles. The van der Waals surface area contributed by atoms with Gasteiger partial charge in [-0.1, -0.05) is 6.92 Å². The van der Waals surface area contributed by atoms with E-state index in [0.717, 1.165) is 25.4 Å². The molecule has 0 aromatic carbocycles. The van der Waals surface area contributed by atoms with Gasteiger partial charge >= 0.3 is 0 Å². The van der Waals surface area contributed by atoms with Crippen LogP contribution >= 0.6 is 0 Å². The van der Waals surface area contributed by atoms with E-state index < -0.39 is 0 Å². The highest BCUT2D eigenvalue weighted by molar-refractivity contribution is 5.02. The molecule has 69 valence electrons. The van der Waals surface area contributed by atoms with Crippen molar-refractivity contribution in [2.24, 2.45) is 5.92 Å². The Morgan fingerprint density at radius 2 is 2.42 bits per heavy atom. The highest BCUT2D eigenvalue weighted by atomic mass is 16.7. The maximum atomic E-state index is 8.92. The van der Waals surface area contributed by atoms with E-state index in [1.165, 1.54) is 0 Å². The van der Waals surface area contributed by atoms with Crippen LogP contribution < -0.4 is 0 Å². The van der Waals surface area contributed by atoms with Gasteiger partial charge in [-0.2, -0.15) is 0 Å². The first-order chi connectivity index (χ1) is 5.83. The third-order valence-electron chi connectivity index (χ3n) is 2.59. The largest absolute Gasteiger partial charge is 0.396 e. The first kappa shape index (κ1) is 8.48. The van der Waals surface area contributed by atoms with Crippen molar-refractivity contribution < 1.29 is 14.6 Å². The summed E-state index contributed by atoms with van der Waals surface area (Å²) in [5.74, 6) is 0.364. The van der Waals surface area contributed by atoms with Gasteiger partial charge < -0.3 is 14.6 Å². The van der Waals surface area contributed by atoms with Gasteiger partial charge in [0.05, 0.1) is 6.10 Å². The van der Waals surface area contributed by atoms with Gasteiger partial charge in [0.2, 0.25) is 0 Å². The van der Waals surface area contributed by atoms with E-state index in [9.17, 15) is 0 Å². The lowest BCUT2D eigenvalue weighted by Gasteiger charge is -2.11. The summed E-state index contributed by atoms with van der Waals surface area (Å²) in [5, 5.41) is 8.92. The van der Waals surface area contributed by atoms with Crippen LogP contribution in [0.5, 0.6) is 0 Å². The molecule has 3 heteroatoms. The van der Waals surface area contributed by atoms with Crippen LogP contribution in [-0.2, 0) is 9.47 Å². The van der Waals surface area contributed by atoms with Crippen molar-refractivity contribution in [3.8, 4) is 0 Å². The van der Waals surface area contributed by atoms with Gasteiger partial charge in [0.15, 0.2) is 6.29 Å². The zero-order chi connectivity index (χ0) is 8.55. The zero-order valence-electron chi connectivity index (χ0n) is 7.32. The third kappa shape index (κ3) is 1.37. The minimum atomic E-state index is -0.0235. The van der Waals surface area contributed by atoms with Crippen LogP contribution in [0.15, 0.2) is 0 Å². The minimum Gasteiger partial charge on any atom is -0.396 e. The Balaban J connectivity index is 1.89. The molecule has 1 N–H and O–H groups in total. The molecule has 0 aromatic heterocycles. The molecule has 12 heavy (non-hydrogen) atoms. The van der Waals surface area contributed by atoms with Gasteiger partial charge in [0.25, 0.3) is 0 Å². The van der Waals surface area contributed by atoms with E-state index in [4.69, 9.17) is 14.6 Å². The van der Waals surface area contributed by atoms with Crippen molar-refractivity contribution in [3.05, 3.63) is 6.10 Å². The van der Waals surface area contributed by atoms with Crippen molar-refractivity contribution in [1.82, 2.24) is 0 Å². The fourth-order valence-electron chi connectivity index (χ4n) is 1.89. The second-order valence-corrected chi connectivity index (χ2v) is 3.54. The van der Waals surface area contributed by atoms with E-state index in [1.54, 1.807) is 0 Å². The van der Waals surface area contributed by atoms with E-state index in [1.807, 2.05) is 0 Å². The molecule has 0 bridgehead atoms. The first-order valence-corrected chi connectivity index (χ1v) is 4.62. The Bertz CT molecular complexity index is 130. The number of aliphatic hydroxyl groups is 1. The molecular formula is C9H15O3. The van der Waals surface area contributed by atoms with Crippen LogP contribution in [-0.4, -0.2) is 24.1 Å². The van der Waals surface area contributed by atoms with E-state index in [-0.39, 0.29) is 19.0 Å². The highest BCUT2D eigenvalue weighted by Gasteiger charge is 2.43. The summed E-state index contributed by atoms with van der Waals surface area (Å²) in [6, 6.07) is 0. The normalized spacial score (nSPS) is 42.0.